The first-order valence-corrected chi connectivity index (χ1v) is 17.2. The van der Waals surface area contributed by atoms with E-state index in [2.05, 4.69) is 20.7 Å². The predicted octanol–water partition coefficient (Wildman–Crippen LogP) is 2.24. The number of aromatic nitrogens is 4. The van der Waals surface area contributed by atoms with E-state index in [0.717, 1.165) is 12.1 Å². The molecule has 3 aromatic carbocycles. The van der Waals surface area contributed by atoms with Crippen molar-refractivity contribution in [3.63, 3.8) is 0 Å². The van der Waals surface area contributed by atoms with Gasteiger partial charge in [0.15, 0.2) is 18.2 Å². The number of phosphoric acid groups is 1. The molecule has 2 unspecified atom stereocenters. The first kappa shape index (κ1) is 40.6. The number of nitrogens with zero attached hydrogens (tertiary/aromatic N) is 5. The van der Waals surface area contributed by atoms with Crippen molar-refractivity contribution in [2.45, 2.75) is 31.6 Å². The number of hydrogen-bond donors (Lipinski definition) is 1. The number of benzene rings is 3. The van der Waals surface area contributed by atoms with Gasteiger partial charge in [0.05, 0.1) is 36.4 Å². The van der Waals surface area contributed by atoms with Gasteiger partial charge in [-0.3, -0.25) is 9.36 Å². The third-order valence-electron chi connectivity index (χ3n) is 7.58. The van der Waals surface area contributed by atoms with Crippen molar-refractivity contribution >= 4 is 31.1 Å². The fourth-order valence-electron chi connectivity index (χ4n) is 4.98. The van der Waals surface area contributed by atoms with Crippen molar-refractivity contribution in [1.29, 1.82) is 5.26 Å². The van der Waals surface area contributed by atoms with Gasteiger partial charge in [-0.2, -0.15) is 10.4 Å². The van der Waals surface area contributed by atoms with E-state index in [1.54, 1.807) is 36.6 Å². The summed E-state index contributed by atoms with van der Waals surface area (Å²) >= 11 is 1.20. The molecule has 3 atom stereocenters. The van der Waals surface area contributed by atoms with Crippen molar-refractivity contribution in [3.8, 4) is 17.3 Å². The maximum Gasteiger partial charge on any atom is 1.00 e. The van der Waals surface area contributed by atoms with E-state index in [4.69, 9.17) is 29.3 Å². The van der Waals surface area contributed by atoms with Crippen LogP contribution in [-0.4, -0.2) is 50.0 Å². The summed E-state index contributed by atoms with van der Waals surface area (Å²) in [6.45, 7) is -0.365. The summed E-state index contributed by atoms with van der Waals surface area (Å²) in [5.74, 6) is -3.30. The molecule has 14 nitrogen and oxygen atoms in total. The average Bonchev–Trinajstić information content (AvgIpc) is 3.81. The van der Waals surface area contributed by atoms with E-state index in [9.17, 15) is 23.4 Å². The third kappa shape index (κ3) is 10.4. The largest absolute Gasteiger partial charge is 1.00 e. The van der Waals surface area contributed by atoms with E-state index < -0.39 is 62.9 Å². The van der Waals surface area contributed by atoms with Crippen LogP contribution in [0.15, 0.2) is 84.8 Å². The standard InChI is InChI=1S/C33H28F2N5O9PS.Na/c1-21(31-39-29(16-51-31)24-6-2-22(13-36)3-7-24)33(17-40-19-37-18-38-40,27-11-10-26(34)12-28(27)35)49-32(42)47-20-46-15-30(41)25-8-4-23(5-9-25)14-48-50(43,44)45;/h2-12,16,18-19,21H,14-15,17,20H2,1H3,(H2,43,44,45);/q;+1/p-1/t21-,33?;/m0./s1. The van der Waals surface area contributed by atoms with Gasteiger partial charge in [-0.1, -0.05) is 43.3 Å². The zero-order chi connectivity index (χ0) is 36.6. The van der Waals surface area contributed by atoms with Crippen molar-refractivity contribution < 1.29 is 81.0 Å². The maximum absolute atomic E-state index is 15.7. The van der Waals surface area contributed by atoms with Crippen LogP contribution in [0.4, 0.5) is 13.6 Å². The monoisotopic (exact) mass is 761 g/mol. The van der Waals surface area contributed by atoms with Gasteiger partial charge >= 0.3 is 35.7 Å². The normalized spacial score (nSPS) is 13.8. The topological polar surface area (TPSA) is 199 Å². The molecule has 0 spiro atoms. The number of nitriles is 1. The summed E-state index contributed by atoms with van der Waals surface area (Å²) in [4.78, 5) is 54.0. The third-order valence-corrected chi connectivity index (χ3v) is 9.06. The molecule has 2 aromatic heterocycles. The van der Waals surface area contributed by atoms with E-state index in [0.29, 0.717) is 33.5 Å². The van der Waals surface area contributed by atoms with E-state index in [1.807, 2.05) is 0 Å². The molecule has 0 saturated carbocycles. The van der Waals surface area contributed by atoms with Gasteiger partial charge in [0, 0.05) is 28.1 Å². The second-order valence-corrected chi connectivity index (χ2v) is 13.0. The minimum Gasteiger partial charge on any atom is -0.756 e. The second kappa shape index (κ2) is 18.0. The Hall–Kier alpha value is -4.21. The molecule has 264 valence electrons. The molecule has 2 heterocycles. The molecule has 1 N–H and O–H groups in total. The summed E-state index contributed by atoms with van der Waals surface area (Å²) in [6.07, 6.45) is 1.24. The van der Waals surface area contributed by atoms with E-state index in [-0.39, 0.29) is 47.2 Å². The first-order valence-electron chi connectivity index (χ1n) is 14.8. The molecular weight excluding hydrogens is 734 g/mol. The van der Waals surface area contributed by atoms with Crippen LogP contribution in [0.5, 0.6) is 0 Å². The van der Waals surface area contributed by atoms with Gasteiger partial charge in [-0.15, -0.1) is 11.3 Å². The van der Waals surface area contributed by atoms with E-state index in [1.165, 1.54) is 52.9 Å². The van der Waals surface area contributed by atoms with E-state index >= 15 is 4.39 Å². The van der Waals surface area contributed by atoms with Crippen LogP contribution in [0.2, 0.25) is 0 Å². The fraction of sp³-hybridized carbons (Fsp3) is 0.212. The number of hydrogen-bond acceptors (Lipinski definition) is 13. The summed E-state index contributed by atoms with van der Waals surface area (Å²) in [7, 11) is -4.91. The Morgan fingerprint density at radius 2 is 1.87 bits per heavy atom. The fourth-order valence-corrected chi connectivity index (χ4v) is 6.26. The summed E-state index contributed by atoms with van der Waals surface area (Å²) in [5.41, 5.74) is 0.110. The number of halogens is 2. The number of rotatable bonds is 15. The molecule has 0 aliphatic carbocycles. The minimum absolute atomic E-state index is 0. The molecule has 5 rings (SSSR count). The van der Waals surface area contributed by atoms with Crippen LogP contribution >= 0.6 is 19.2 Å². The molecule has 52 heavy (non-hydrogen) atoms. The Kier molecular flexibility index (Phi) is 14.1. The Morgan fingerprint density at radius 3 is 2.50 bits per heavy atom. The number of ether oxygens (including phenoxy) is 3. The van der Waals surface area contributed by atoms with Gasteiger partial charge in [-0.05, 0) is 29.8 Å². The Balaban J connectivity index is 0.00000605. The van der Waals surface area contributed by atoms with Crippen molar-refractivity contribution in [1.82, 2.24) is 19.7 Å². The molecule has 0 bridgehead atoms. The average molecular weight is 762 g/mol. The Morgan fingerprint density at radius 1 is 1.13 bits per heavy atom. The minimum atomic E-state index is -4.91. The summed E-state index contributed by atoms with van der Waals surface area (Å²) in [6, 6.07) is 17.2. The smallest absolute Gasteiger partial charge is 0.756 e. The van der Waals surface area contributed by atoms with Crippen molar-refractivity contribution in [2.75, 3.05) is 13.4 Å². The van der Waals surface area contributed by atoms with Crippen LogP contribution in [-0.2, 0) is 42.1 Å². The number of carbonyl (C=O) groups is 2. The summed E-state index contributed by atoms with van der Waals surface area (Å²) in [5, 5.41) is 15.4. The van der Waals surface area contributed by atoms with Crippen LogP contribution in [0.1, 0.15) is 44.9 Å². The zero-order valence-electron chi connectivity index (χ0n) is 27.5. The molecule has 0 amide bonds. The number of thiazole rings is 1. The number of Topliss-reactive ketones (excluding diaryl/α,β-unsaturated/α-hetero) is 1. The SMILES string of the molecule is C[C@@H](c1nc(-c2ccc(C#N)cc2)cs1)C(Cn1cncn1)(OC(=O)OCOCC(=O)c1ccc(COP(=O)([O-])O)cc1)c1ccc(F)cc1F.[Na+]. The number of carbonyl (C=O) groups excluding carboxylic acids is 2. The summed E-state index contributed by atoms with van der Waals surface area (Å²) < 4.78 is 62.5. The van der Waals surface area contributed by atoms with Gasteiger partial charge in [0.25, 0.3) is 7.82 Å². The molecule has 0 saturated heterocycles. The Labute approximate surface area is 321 Å². The predicted molar refractivity (Wildman–Crippen MR) is 173 cm³/mol. The zero-order valence-corrected chi connectivity index (χ0v) is 31.3. The molecule has 0 fully saturated rings. The van der Waals surface area contributed by atoms with Crippen LogP contribution in [0.25, 0.3) is 11.3 Å². The van der Waals surface area contributed by atoms with Crippen LogP contribution < -0.4 is 34.5 Å². The number of ketones is 1. The molecule has 0 radical (unpaired) electrons. The van der Waals surface area contributed by atoms with Gasteiger partial charge < -0.3 is 28.5 Å². The van der Waals surface area contributed by atoms with Gasteiger partial charge in [-0.25, -0.2) is 28.2 Å². The van der Waals surface area contributed by atoms with Gasteiger partial charge in [0.1, 0.15) is 35.9 Å². The Bertz CT molecular complexity index is 2080. The quantitative estimate of drug-likeness (QED) is 0.0407. The first-order chi connectivity index (χ1) is 24.4. The number of phosphoric ester groups is 1. The van der Waals surface area contributed by atoms with Crippen molar-refractivity contribution in [2.24, 2.45) is 0 Å². The van der Waals surface area contributed by atoms with Crippen molar-refractivity contribution in [3.05, 3.63) is 124 Å². The molecule has 0 aliphatic rings. The van der Waals surface area contributed by atoms with Crippen LogP contribution in [0.3, 0.4) is 0 Å². The van der Waals surface area contributed by atoms with Gasteiger partial charge in [0.2, 0.25) is 0 Å². The van der Waals surface area contributed by atoms with Crippen LogP contribution in [0, 0.1) is 23.0 Å². The molecule has 0 aliphatic heterocycles. The molecular formula is C33H27F2N5NaO9PS. The molecule has 5 aromatic rings. The second-order valence-electron chi connectivity index (χ2n) is 10.9. The maximum atomic E-state index is 15.7. The molecule has 19 heteroatoms.